The van der Waals surface area contributed by atoms with Crippen LogP contribution in [-0.2, 0) is 4.74 Å². The number of aliphatic hydroxyl groups is 3. The first-order valence-corrected chi connectivity index (χ1v) is 5.01. The van der Waals surface area contributed by atoms with Crippen LogP contribution in [0.5, 0.6) is 0 Å². The summed E-state index contributed by atoms with van der Waals surface area (Å²) in [6.07, 6.45) is -3.94. The van der Waals surface area contributed by atoms with E-state index < -0.39 is 30.2 Å². The van der Waals surface area contributed by atoms with E-state index in [4.69, 9.17) is 9.84 Å². The van der Waals surface area contributed by atoms with Crippen LogP contribution in [-0.4, -0.2) is 40.2 Å². The molecule has 5 heteroatoms. The molecular weight excluding hydrogens is 215 g/mol. The molecule has 1 aromatic rings. The van der Waals surface area contributed by atoms with Crippen LogP contribution in [0.3, 0.4) is 0 Å². The second-order valence-electron chi connectivity index (χ2n) is 3.81. The van der Waals surface area contributed by atoms with Crippen LogP contribution in [0.1, 0.15) is 11.7 Å². The molecule has 1 aromatic carbocycles. The highest BCUT2D eigenvalue weighted by atomic mass is 19.1. The molecule has 16 heavy (non-hydrogen) atoms. The molecule has 1 saturated heterocycles. The molecule has 0 unspecified atom stereocenters. The van der Waals surface area contributed by atoms with Gasteiger partial charge in [0.1, 0.15) is 30.2 Å². The summed E-state index contributed by atoms with van der Waals surface area (Å²) >= 11 is 0. The average molecular weight is 228 g/mol. The number of rotatable bonds is 2. The van der Waals surface area contributed by atoms with Crippen LogP contribution in [0, 0.1) is 5.82 Å². The number of hydrogen-bond acceptors (Lipinski definition) is 4. The van der Waals surface area contributed by atoms with E-state index in [-0.39, 0.29) is 6.61 Å². The summed E-state index contributed by atoms with van der Waals surface area (Å²) in [5.41, 5.74) is 0.447. The predicted molar refractivity (Wildman–Crippen MR) is 53.1 cm³/mol. The number of ether oxygens (including phenoxy) is 1. The molecule has 1 heterocycles. The Labute approximate surface area is 91.9 Å². The van der Waals surface area contributed by atoms with Crippen molar-refractivity contribution in [3.05, 3.63) is 35.6 Å². The van der Waals surface area contributed by atoms with Gasteiger partial charge in [-0.3, -0.25) is 0 Å². The zero-order chi connectivity index (χ0) is 11.7. The maximum absolute atomic E-state index is 13.0. The van der Waals surface area contributed by atoms with Gasteiger partial charge in [-0.05, 0) is 17.7 Å². The van der Waals surface area contributed by atoms with E-state index in [0.717, 1.165) is 0 Å². The smallest absolute Gasteiger partial charge is 0.123 e. The molecule has 3 N–H and O–H groups in total. The van der Waals surface area contributed by atoms with Gasteiger partial charge in [0.2, 0.25) is 0 Å². The largest absolute Gasteiger partial charge is 0.394 e. The topological polar surface area (TPSA) is 69.9 Å². The van der Waals surface area contributed by atoms with Crippen LogP contribution in [0.4, 0.5) is 4.39 Å². The summed E-state index contributed by atoms with van der Waals surface area (Å²) in [4.78, 5) is 0. The Hall–Kier alpha value is -1.01. The van der Waals surface area contributed by atoms with E-state index in [2.05, 4.69) is 0 Å². The number of aliphatic hydroxyl groups excluding tert-OH is 3. The van der Waals surface area contributed by atoms with Gasteiger partial charge in [0.15, 0.2) is 0 Å². The summed E-state index contributed by atoms with van der Waals surface area (Å²) in [7, 11) is 0. The minimum absolute atomic E-state index is 0.385. The third kappa shape index (κ3) is 1.94. The van der Waals surface area contributed by atoms with Crippen molar-refractivity contribution in [1.82, 2.24) is 0 Å². The molecule has 0 aromatic heterocycles. The van der Waals surface area contributed by atoms with Crippen molar-refractivity contribution in [3.8, 4) is 0 Å². The van der Waals surface area contributed by atoms with Gasteiger partial charge in [-0.2, -0.15) is 0 Å². The Morgan fingerprint density at radius 2 is 2.00 bits per heavy atom. The standard InChI is InChI=1S/C11H13FO4/c12-7-3-1-2-6(4-7)11-10(15)9(14)8(5-13)16-11/h1-4,8-11,13-15H,5H2/t8-,9-,10-,11+/m0/s1. The second-order valence-corrected chi connectivity index (χ2v) is 3.81. The van der Waals surface area contributed by atoms with E-state index in [1.165, 1.54) is 18.2 Å². The van der Waals surface area contributed by atoms with Gasteiger partial charge in [-0.25, -0.2) is 4.39 Å². The Morgan fingerprint density at radius 1 is 1.25 bits per heavy atom. The normalized spacial score (nSPS) is 34.2. The molecule has 0 bridgehead atoms. The summed E-state index contributed by atoms with van der Waals surface area (Å²) in [6, 6.07) is 5.62. The molecule has 1 fully saturated rings. The highest BCUT2D eigenvalue weighted by Gasteiger charge is 2.42. The molecule has 0 radical (unpaired) electrons. The minimum Gasteiger partial charge on any atom is -0.394 e. The summed E-state index contributed by atoms with van der Waals surface area (Å²) in [5, 5.41) is 28.1. The molecule has 0 aliphatic carbocycles. The molecule has 4 nitrogen and oxygen atoms in total. The van der Waals surface area contributed by atoms with Gasteiger partial charge in [0, 0.05) is 0 Å². The molecule has 0 amide bonds. The quantitative estimate of drug-likeness (QED) is 0.665. The monoisotopic (exact) mass is 228 g/mol. The first-order valence-electron chi connectivity index (χ1n) is 5.01. The lowest BCUT2D eigenvalue weighted by Crippen LogP contribution is -2.32. The Bertz CT molecular complexity index is 371. The van der Waals surface area contributed by atoms with Crippen LogP contribution in [0.2, 0.25) is 0 Å². The van der Waals surface area contributed by atoms with Crippen molar-refractivity contribution >= 4 is 0 Å². The first-order chi connectivity index (χ1) is 7.63. The fourth-order valence-corrected chi connectivity index (χ4v) is 1.86. The SMILES string of the molecule is OC[C@@H]1O[C@H](c2cccc(F)c2)[C@@H](O)[C@H]1O. The number of hydrogen-bond donors (Lipinski definition) is 3. The lowest BCUT2D eigenvalue weighted by Gasteiger charge is -2.14. The fourth-order valence-electron chi connectivity index (χ4n) is 1.86. The molecule has 1 aliphatic rings. The lowest BCUT2D eigenvalue weighted by molar-refractivity contribution is -0.0228. The highest BCUT2D eigenvalue weighted by Crippen LogP contribution is 2.33. The summed E-state index contributed by atoms with van der Waals surface area (Å²) in [6.45, 7) is -0.385. The zero-order valence-corrected chi connectivity index (χ0v) is 8.45. The van der Waals surface area contributed by atoms with Gasteiger partial charge in [0.05, 0.1) is 6.61 Å². The van der Waals surface area contributed by atoms with Crippen molar-refractivity contribution in [1.29, 1.82) is 0 Å². The molecule has 4 atom stereocenters. The maximum atomic E-state index is 13.0. The number of halogens is 1. The van der Waals surface area contributed by atoms with Gasteiger partial charge >= 0.3 is 0 Å². The van der Waals surface area contributed by atoms with E-state index in [1.54, 1.807) is 6.07 Å². The molecule has 0 saturated carbocycles. The highest BCUT2D eigenvalue weighted by molar-refractivity contribution is 5.21. The van der Waals surface area contributed by atoms with Crippen molar-refractivity contribution < 1.29 is 24.4 Å². The average Bonchev–Trinajstić information content (AvgIpc) is 2.56. The Balaban J connectivity index is 2.23. The Kier molecular flexibility index (Phi) is 3.20. The Morgan fingerprint density at radius 3 is 2.56 bits per heavy atom. The molecule has 1 aliphatic heterocycles. The van der Waals surface area contributed by atoms with E-state index in [9.17, 15) is 14.6 Å². The van der Waals surface area contributed by atoms with E-state index in [1.807, 2.05) is 0 Å². The van der Waals surface area contributed by atoms with E-state index >= 15 is 0 Å². The predicted octanol–water partition coefficient (Wildman–Crippen LogP) is -0.0203. The molecule has 2 rings (SSSR count). The van der Waals surface area contributed by atoms with Crippen molar-refractivity contribution in [2.75, 3.05) is 6.61 Å². The summed E-state index contributed by atoms with van der Waals surface area (Å²) < 4.78 is 18.2. The molecule has 0 spiro atoms. The number of benzene rings is 1. The molecular formula is C11H13FO4. The maximum Gasteiger partial charge on any atom is 0.123 e. The van der Waals surface area contributed by atoms with Gasteiger partial charge < -0.3 is 20.1 Å². The van der Waals surface area contributed by atoms with Crippen LogP contribution >= 0.6 is 0 Å². The van der Waals surface area contributed by atoms with Crippen LogP contribution in [0.25, 0.3) is 0 Å². The molecule has 88 valence electrons. The third-order valence-corrected chi connectivity index (χ3v) is 2.72. The van der Waals surface area contributed by atoms with Gasteiger partial charge in [0.25, 0.3) is 0 Å². The second kappa shape index (κ2) is 4.47. The zero-order valence-electron chi connectivity index (χ0n) is 8.45. The fraction of sp³-hybridized carbons (Fsp3) is 0.455. The van der Waals surface area contributed by atoms with Crippen molar-refractivity contribution in [3.63, 3.8) is 0 Å². The van der Waals surface area contributed by atoms with Gasteiger partial charge in [-0.1, -0.05) is 12.1 Å². The first kappa shape index (κ1) is 11.5. The van der Waals surface area contributed by atoms with Gasteiger partial charge in [-0.15, -0.1) is 0 Å². The third-order valence-electron chi connectivity index (χ3n) is 2.72. The lowest BCUT2D eigenvalue weighted by atomic mass is 10.0. The van der Waals surface area contributed by atoms with Crippen molar-refractivity contribution in [2.24, 2.45) is 0 Å². The minimum atomic E-state index is -1.15. The van der Waals surface area contributed by atoms with E-state index in [0.29, 0.717) is 5.56 Å². The van der Waals surface area contributed by atoms with Crippen LogP contribution in [0.15, 0.2) is 24.3 Å². The van der Waals surface area contributed by atoms with Crippen LogP contribution < -0.4 is 0 Å². The summed E-state index contributed by atoms with van der Waals surface area (Å²) in [5.74, 6) is -0.435. The van der Waals surface area contributed by atoms with Crippen molar-refractivity contribution in [2.45, 2.75) is 24.4 Å².